The Morgan fingerprint density at radius 1 is 1.30 bits per heavy atom. The third-order valence-corrected chi connectivity index (χ3v) is 4.06. The molecule has 2 aliphatic rings. The van der Waals surface area contributed by atoms with Crippen LogP contribution in [0, 0.1) is 0 Å². The molecule has 0 aromatic carbocycles. The van der Waals surface area contributed by atoms with Crippen LogP contribution in [-0.2, 0) is 4.79 Å². The van der Waals surface area contributed by atoms with Crippen molar-refractivity contribution in [3.05, 3.63) is 17.0 Å². The first-order valence-corrected chi connectivity index (χ1v) is 7.56. The van der Waals surface area contributed by atoms with Gasteiger partial charge in [-0.05, 0) is 25.7 Å². The van der Waals surface area contributed by atoms with E-state index < -0.39 is 0 Å². The van der Waals surface area contributed by atoms with Crippen molar-refractivity contribution in [2.24, 2.45) is 0 Å². The van der Waals surface area contributed by atoms with Crippen LogP contribution in [0.3, 0.4) is 0 Å². The number of halogens is 1. The Kier molecular flexibility index (Phi) is 3.78. The van der Waals surface area contributed by atoms with E-state index >= 15 is 0 Å². The van der Waals surface area contributed by atoms with Crippen LogP contribution in [0.25, 0.3) is 0 Å². The molecule has 0 bridgehead atoms. The third-order valence-electron chi connectivity index (χ3n) is 3.87. The van der Waals surface area contributed by atoms with Crippen molar-refractivity contribution in [1.82, 2.24) is 15.3 Å². The molecule has 5 nitrogen and oxygen atoms in total. The van der Waals surface area contributed by atoms with E-state index in [-0.39, 0.29) is 11.9 Å². The van der Waals surface area contributed by atoms with E-state index in [2.05, 4.69) is 20.2 Å². The maximum absolute atomic E-state index is 11.1. The molecule has 2 fully saturated rings. The topological polar surface area (TPSA) is 58.1 Å². The van der Waals surface area contributed by atoms with Crippen molar-refractivity contribution < 1.29 is 4.79 Å². The number of hydrogen-bond acceptors (Lipinski definition) is 4. The van der Waals surface area contributed by atoms with Crippen LogP contribution in [0.2, 0.25) is 5.15 Å². The Labute approximate surface area is 123 Å². The molecule has 0 unspecified atom stereocenters. The largest absolute Gasteiger partial charge is 0.356 e. The highest BCUT2D eigenvalue weighted by Crippen LogP contribution is 2.39. The van der Waals surface area contributed by atoms with Gasteiger partial charge in [0.1, 0.15) is 16.8 Å². The fourth-order valence-corrected chi connectivity index (χ4v) is 2.83. The van der Waals surface area contributed by atoms with Crippen molar-refractivity contribution in [1.29, 1.82) is 0 Å². The lowest BCUT2D eigenvalue weighted by atomic mass is 10.1. The summed E-state index contributed by atoms with van der Waals surface area (Å²) in [6, 6.07) is 2.12. The highest BCUT2D eigenvalue weighted by molar-refractivity contribution is 6.29. The summed E-state index contributed by atoms with van der Waals surface area (Å²) in [7, 11) is 0. The molecule has 1 aromatic heterocycles. The van der Waals surface area contributed by atoms with Crippen molar-refractivity contribution >= 4 is 23.3 Å². The van der Waals surface area contributed by atoms with Crippen molar-refractivity contribution in [2.45, 2.75) is 44.6 Å². The van der Waals surface area contributed by atoms with Gasteiger partial charge in [-0.2, -0.15) is 0 Å². The number of carbonyl (C=O) groups is 1. The smallest absolute Gasteiger partial charge is 0.217 e. The number of anilines is 1. The van der Waals surface area contributed by atoms with Gasteiger partial charge in [-0.1, -0.05) is 11.6 Å². The molecule has 6 heteroatoms. The predicted molar refractivity (Wildman–Crippen MR) is 78.1 cm³/mol. The van der Waals surface area contributed by atoms with E-state index in [1.165, 1.54) is 12.8 Å². The predicted octanol–water partition coefficient (Wildman–Crippen LogP) is 2.11. The maximum Gasteiger partial charge on any atom is 0.217 e. The number of carbonyl (C=O) groups excluding carboxylic acids is 1. The first kappa shape index (κ1) is 13.6. The van der Waals surface area contributed by atoms with E-state index in [4.69, 9.17) is 11.6 Å². The highest BCUT2D eigenvalue weighted by atomic mass is 35.5. The molecule has 1 aliphatic carbocycles. The van der Waals surface area contributed by atoms with Crippen molar-refractivity contribution in [3.8, 4) is 0 Å². The van der Waals surface area contributed by atoms with E-state index in [1.54, 1.807) is 6.92 Å². The van der Waals surface area contributed by atoms with Gasteiger partial charge in [0.2, 0.25) is 5.91 Å². The zero-order valence-corrected chi connectivity index (χ0v) is 12.4. The molecular weight excluding hydrogens is 276 g/mol. The number of nitrogens with zero attached hydrogens (tertiary/aromatic N) is 3. The Balaban J connectivity index is 1.67. The lowest BCUT2D eigenvalue weighted by Crippen LogP contribution is -2.44. The minimum atomic E-state index is 0.0459. The van der Waals surface area contributed by atoms with Crippen LogP contribution in [0.4, 0.5) is 5.82 Å². The fourth-order valence-electron chi connectivity index (χ4n) is 2.65. The number of nitrogens with one attached hydrogen (secondary N) is 1. The Morgan fingerprint density at radius 3 is 2.60 bits per heavy atom. The first-order chi connectivity index (χ1) is 9.61. The van der Waals surface area contributed by atoms with E-state index in [0.29, 0.717) is 11.1 Å². The van der Waals surface area contributed by atoms with Gasteiger partial charge in [-0.25, -0.2) is 9.97 Å². The Morgan fingerprint density at radius 2 is 2.00 bits per heavy atom. The average Bonchev–Trinajstić information content (AvgIpc) is 3.22. The standard InChI is InChI=1S/C14H19ClN4O/c1-9(20)16-11-4-6-19(7-5-11)13-8-12(15)17-14(18-13)10-2-3-10/h8,10-11H,2-7H2,1H3,(H,16,20). The number of rotatable bonds is 3. The molecule has 2 heterocycles. The summed E-state index contributed by atoms with van der Waals surface area (Å²) in [5.41, 5.74) is 0. The highest BCUT2D eigenvalue weighted by Gasteiger charge is 2.28. The minimum Gasteiger partial charge on any atom is -0.356 e. The molecule has 1 N–H and O–H groups in total. The number of piperidine rings is 1. The van der Waals surface area contributed by atoms with Gasteiger partial charge in [0.25, 0.3) is 0 Å². The summed E-state index contributed by atoms with van der Waals surface area (Å²) in [6.07, 6.45) is 4.23. The second kappa shape index (κ2) is 5.56. The molecule has 0 atom stereocenters. The normalized spacial score (nSPS) is 20.0. The number of amides is 1. The summed E-state index contributed by atoms with van der Waals surface area (Å²) in [4.78, 5) is 22.3. The van der Waals surface area contributed by atoms with Gasteiger partial charge >= 0.3 is 0 Å². The summed E-state index contributed by atoms with van der Waals surface area (Å²) >= 11 is 6.10. The number of aromatic nitrogens is 2. The van der Waals surface area contributed by atoms with Gasteiger partial charge in [0.15, 0.2) is 0 Å². The van der Waals surface area contributed by atoms with Crippen LogP contribution < -0.4 is 10.2 Å². The summed E-state index contributed by atoms with van der Waals surface area (Å²) < 4.78 is 0. The lowest BCUT2D eigenvalue weighted by Gasteiger charge is -2.33. The molecule has 3 rings (SSSR count). The summed E-state index contributed by atoms with van der Waals surface area (Å²) in [5.74, 6) is 2.36. The average molecular weight is 295 g/mol. The summed E-state index contributed by atoms with van der Waals surface area (Å²) in [6.45, 7) is 3.35. The third kappa shape index (κ3) is 3.20. The SMILES string of the molecule is CC(=O)NC1CCN(c2cc(Cl)nc(C3CC3)n2)CC1. The van der Waals surface area contributed by atoms with Crippen LogP contribution >= 0.6 is 11.6 Å². The molecule has 20 heavy (non-hydrogen) atoms. The molecule has 1 saturated heterocycles. The maximum atomic E-state index is 11.1. The zero-order chi connectivity index (χ0) is 14.1. The summed E-state index contributed by atoms with van der Waals surface area (Å²) in [5, 5.41) is 3.51. The van der Waals surface area contributed by atoms with Crippen molar-refractivity contribution in [3.63, 3.8) is 0 Å². The second-order valence-corrected chi connectivity index (χ2v) is 6.03. The molecular formula is C14H19ClN4O. The lowest BCUT2D eigenvalue weighted by molar-refractivity contribution is -0.119. The van der Waals surface area contributed by atoms with Crippen LogP contribution in [0.5, 0.6) is 0 Å². The monoisotopic (exact) mass is 294 g/mol. The molecule has 1 aromatic rings. The van der Waals surface area contributed by atoms with Gasteiger partial charge in [-0.3, -0.25) is 4.79 Å². The van der Waals surface area contributed by atoms with E-state index in [1.807, 2.05) is 6.07 Å². The molecule has 0 spiro atoms. The molecule has 1 saturated carbocycles. The van der Waals surface area contributed by atoms with Gasteiger partial charge in [0.05, 0.1) is 0 Å². The first-order valence-electron chi connectivity index (χ1n) is 7.18. The van der Waals surface area contributed by atoms with Gasteiger partial charge in [-0.15, -0.1) is 0 Å². The van der Waals surface area contributed by atoms with E-state index in [0.717, 1.165) is 37.6 Å². The fraction of sp³-hybridized carbons (Fsp3) is 0.643. The van der Waals surface area contributed by atoms with Gasteiger partial charge in [0, 0.05) is 38.0 Å². The Bertz CT molecular complexity index is 510. The van der Waals surface area contributed by atoms with Crippen LogP contribution in [0.1, 0.15) is 44.3 Å². The molecule has 0 radical (unpaired) electrons. The molecule has 108 valence electrons. The number of hydrogen-bond donors (Lipinski definition) is 1. The van der Waals surface area contributed by atoms with Gasteiger partial charge < -0.3 is 10.2 Å². The van der Waals surface area contributed by atoms with Crippen molar-refractivity contribution in [2.75, 3.05) is 18.0 Å². The van der Waals surface area contributed by atoms with Crippen LogP contribution in [-0.4, -0.2) is 35.0 Å². The zero-order valence-electron chi connectivity index (χ0n) is 11.6. The molecule has 1 amide bonds. The molecule has 1 aliphatic heterocycles. The second-order valence-electron chi connectivity index (χ2n) is 5.64. The van der Waals surface area contributed by atoms with Crippen LogP contribution in [0.15, 0.2) is 6.07 Å². The van der Waals surface area contributed by atoms with E-state index in [9.17, 15) is 4.79 Å². The quantitative estimate of drug-likeness (QED) is 0.868. The minimum absolute atomic E-state index is 0.0459. The Hall–Kier alpha value is -1.36.